The Labute approximate surface area is 88.9 Å². The zero-order chi connectivity index (χ0) is 10.6. The molecule has 0 bridgehead atoms. The molecule has 0 aliphatic heterocycles. The Morgan fingerprint density at radius 3 is 2.87 bits per heavy atom. The molecule has 0 amide bonds. The summed E-state index contributed by atoms with van der Waals surface area (Å²) >= 11 is 0. The van der Waals surface area contributed by atoms with Crippen molar-refractivity contribution in [3.63, 3.8) is 0 Å². The van der Waals surface area contributed by atoms with Crippen molar-refractivity contribution in [3.05, 3.63) is 35.3 Å². The molecule has 2 aromatic rings. The van der Waals surface area contributed by atoms with Gasteiger partial charge >= 0.3 is 0 Å². The minimum Gasteiger partial charge on any atom is -0.327 e. The normalized spacial score (nSPS) is 24.7. The summed E-state index contributed by atoms with van der Waals surface area (Å²) in [6, 6.07) is 4.57. The lowest BCUT2D eigenvalue weighted by Crippen LogP contribution is -2.03. The zero-order valence-electron chi connectivity index (χ0n) is 9.07. The summed E-state index contributed by atoms with van der Waals surface area (Å²) in [5.74, 6) is 0.516. The van der Waals surface area contributed by atoms with Crippen LogP contribution in [0.15, 0.2) is 18.3 Å². The highest BCUT2D eigenvalue weighted by Crippen LogP contribution is 2.40. The van der Waals surface area contributed by atoms with Gasteiger partial charge in [-0.3, -0.25) is 0 Å². The third-order valence-corrected chi connectivity index (χ3v) is 3.19. The molecule has 78 valence electrons. The minimum absolute atomic E-state index is 0.338. The van der Waals surface area contributed by atoms with Gasteiger partial charge in [-0.05, 0) is 38.0 Å². The van der Waals surface area contributed by atoms with E-state index in [0.717, 1.165) is 17.8 Å². The van der Waals surface area contributed by atoms with E-state index in [1.54, 1.807) is 0 Å². The van der Waals surface area contributed by atoms with Crippen LogP contribution in [-0.2, 0) is 0 Å². The third kappa shape index (κ3) is 1.27. The van der Waals surface area contributed by atoms with Gasteiger partial charge in [0.2, 0.25) is 0 Å². The van der Waals surface area contributed by atoms with Crippen LogP contribution in [0.4, 0.5) is 0 Å². The molecule has 3 nitrogen and oxygen atoms in total. The van der Waals surface area contributed by atoms with E-state index in [-0.39, 0.29) is 0 Å². The highest BCUT2D eigenvalue weighted by molar-refractivity contribution is 5.47. The van der Waals surface area contributed by atoms with Crippen LogP contribution in [-0.4, -0.2) is 15.4 Å². The molecule has 2 N–H and O–H groups in total. The molecule has 1 aliphatic carbocycles. The fourth-order valence-electron chi connectivity index (χ4n) is 2.26. The Kier molecular flexibility index (Phi) is 1.68. The number of rotatable bonds is 1. The van der Waals surface area contributed by atoms with E-state index < -0.39 is 0 Å². The maximum Gasteiger partial charge on any atom is 0.137 e. The molecule has 3 heteroatoms. The number of imidazole rings is 1. The number of aryl methyl sites for hydroxylation is 2. The quantitative estimate of drug-likeness (QED) is 0.764. The zero-order valence-corrected chi connectivity index (χ0v) is 9.07. The summed E-state index contributed by atoms with van der Waals surface area (Å²) in [7, 11) is 0. The molecular formula is C12H15N3. The van der Waals surface area contributed by atoms with E-state index in [0.29, 0.717) is 12.0 Å². The third-order valence-electron chi connectivity index (χ3n) is 3.19. The molecular weight excluding hydrogens is 186 g/mol. The van der Waals surface area contributed by atoms with Crippen LogP contribution in [0.2, 0.25) is 0 Å². The monoisotopic (exact) mass is 201 g/mol. The molecule has 3 rings (SSSR count). The number of hydrogen-bond donors (Lipinski definition) is 1. The lowest BCUT2D eigenvalue weighted by molar-refractivity contribution is 0.911. The van der Waals surface area contributed by atoms with Crippen molar-refractivity contribution in [2.45, 2.75) is 32.2 Å². The van der Waals surface area contributed by atoms with Crippen molar-refractivity contribution >= 4 is 5.65 Å². The Bertz CT molecular complexity index is 527. The largest absolute Gasteiger partial charge is 0.327 e. The van der Waals surface area contributed by atoms with Crippen LogP contribution in [0.5, 0.6) is 0 Å². The fourth-order valence-corrected chi connectivity index (χ4v) is 2.26. The first-order chi connectivity index (χ1) is 7.16. The van der Waals surface area contributed by atoms with Crippen molar-refractivity contribution in [1.82, 2.24) is 9.38 Å². The lowest BCUT2D eigenvalue weighted by Gasteiger charge is -2.01. The van der Waals surface area contributed by atoms with E-state index in [9.17, 15) is 0 Å². The number of hydrogen-bond acceptors (Lipinski definition) is 2. The van der Waals surface area contributed by atoms with Gasteiger partial charge in [-0.1, -0.05) is 0 Å². The van der Waals surface area contributed by atoms with Gasteiger partial charge < -0.3 is 10.1 Å². The van der Waals surface area contributed by atoms with Crippen LogP contribution in [0.3, 0.4) is 0 Å². The summed E-state index contributed by atoms with van der Waals surface area (Å²) in [6.07, 6.45) is 3.20. The molecule has 0 aromatic carbocycles. The first-order valence-corrected chi connectivity index (χ1v) is 5.37. The van der Waals surface area contributed by atoms with Gasteiger partial charge in [-0.2, -0.15) is 0 Å². The molecule has 2 atom stereocenters. The first kappa shape index (κ1) is 8.92. The van der Waals surface area contributed by atoms with Gasteiger partial charge in [-0.15, -0.1) is 0 Å². The lowest BCUT2D eigenvalue weighted by atomic mass is 10.2. The maximum absolute atomic E-state index is 5.91. The van der Waals surface area contributed by atoms with Crippen molar-refractivity contribution in [1.29, 1.82) is 0 Å². The van der Waals surface area contributed by atoms with Gasteiger partial charge in [0.05, 0.1) is 11.4 Å². The average molecular weight is 201 g/mol. The number of fused-ring (bicyclic) bond motifs is 1. The molecule has 1 saturated carbocycles. The molecule has 2 heterocycles. The molecule has 0 radical (unpaired) electrons. The topological polar surface area (TPSA) is 43.3 Å². The van der Waals surface area contributed by atoms with Crippen LogP contribution in [0, 0.1) is 13.8 Å². The van der Waals surface area contributed by atoms with Gasteiger partial charge in [0.1, 0.15) is 5.65 Å². The summed E-state index contributed by atoms with van der Waals surface area (Å²) in [5, 5.41) is 0. The second kappa shape index (κ2) is 2.83. The molecule has 15 heavy (non-hydrogen) atoms. The van der Waals surface area contributed by atoms with Crippen molar-refractivity contribution in [2.75, 3.05) is 0 Å². The van der Waals surface area contributed by atoms with E-state index in [2.05, 4.69) is 41.6 Å². The van der Waals surface area contributed by atoms with Crippen LogP contribution in [0.25, 0.3) is 5.65 Å². The average Bonchev–Trinajstić information content (AvgIpc) is 2.77. The highest BCUT2D eigenvalue weighted by atomic mass is 15.0. The van der Waals surface area contributed by atoms with Crippen LogP contribution in [0.1, 0.15) is 29.3 Å². The van der Waals surface area contributed by atoms with E-state index in [4.69, 9.17) is 5.73 Å². The molecule has 1 aliphatic rings. The van der Waals surface area contributed by atoms with E-state index >= 15 is 0 Å². The minimum atomic E-state index is 0.338. The number of aromatic nitrogens is 2. The van der Waals surface area contributed by atoms with Gasteiger partial charge in [-0.25, -0.2) is 4.98 Å². The molecule has 1 fully saturated rings. The molecule has 0 spiro atoms. The summed E-state index contributed by atoms with van der Waals surface area (Å²) in [4.78, 5) is 4.58. The highest BCUT2D eigenvalue weighted by Gasteiger charge is 2.38. The summed E-state index contributed by atoms with van der Waals surface area (Å²) in [5.41, 5.74) is 10.6. The number of pyridine rings is 1. The predicted octanol–water partition coefficient (Wildman–Crippen LogP) is 1.77. The Morgan fingerprint density at radius 1 is 1.47 bits per heavy atom. The van der Waals surface area contributed by atoms with Gasteiger partial charge in [0.25, 0.3) is 0 Å². The second-order valence-corrected chi connectivity index (χ2v) is 4.52. The fraction of sp³-hybridized carbons (Fsp3) is 0.417. The molecule has 2 aromatic heterocycles. The van der Waals surface area contributed by atoms with E-state index in [1.165, 1.54) is 11.3 Å². The van der Waals surface area contributed by atoms with Gasteiger partial charge in [0.15, 0.2) is 0 Å². The Balaban J connectivity index is 2.24. The maximum atomic E-state index is 5.91. The Morgan fingerprint density at radius 2 is 2.20 bits per heavy atom. The number of nitrogens with two attached hydrogens (primary N) is 1. The molecule has 2 unspecified atom stereocenters. The van der Waals surface area contributed by atoms with Crippen molar-refractivity contribution in [3.8, 4) is 0 Å². The van der Waals surface area contributed by atoms with Crippen molar-refractivity contribution < 1.29 is 0 Å². The smallest absolute Gasteiger partial charge is 0.137 e. The summed E-state index contributed by atoms with van der Waals surface area (Å²) in [6.45, 7) is 4.16. The first-order valence-electron chi connectivity index (χ1n) is 5.37. The molecule has 0 saturated heterocycles. The van der Waals surface area contributed by atoms with Crippen molar-refractivity contribution in [2.24, 2.45) is 5.73 Å². The van der Waals surface area contributed by atoms with Crippen LogP contribution < -0.4 is 5.73 Å². The van der Waals surface area contributed by atoms with Crippen LogP contribution >= 0.6 is 0 Å². The standard InChI is InChI=1S/C12H15N3/c1-7-3-4-15-11(5-7)14-8(2)12(15)9-6-10(9)13/h3-5,9-10H,6,13H2,1-2H3. The Hall–Kier alpha value is -1.35. The van der Waals surface area contributed by atoms with E-state index in [1.807, 2.05) is 0 Å². The predicted molar refractivity (Wildman–Crippen MR) is 60.0 cm³/mol. The summed E-state index contributed by atoms with van der Waals surface area (Å²) < 4.78 is 2.18. The van der Waals surface area contributed by atoms with Gasteiger partial charge in [0, 0.05) is 18.2 Å². The second-order valence-electron chi connectivity index (χ2n) is 4.52. The number of nitrogens with zero attached hydrogens (tertiary/aromatic N) is 2. The SMILES string of the molecule is Cc1ccn2c(C3CC3N)c(C)nc2c1.